The summed E-state index contributed by atoms with van der Waals surface area (Å²) in [6.45, 7) is 4.88. The van der Waals surface area contributed by atoms with Crippen LogP contribution in [-0.2, 0) is 4.74 Å². The molecule has 1 heterocycles. The van der Waals surface area contributed by atoms with Crippen molar-refractivity contribution in [2.24, 2.45) is 5.73 Å². The first kappa shape index (κ1) is 9.44. The molecule has 0 spiro atoms. The number of hydrogen-bond donors (Lipinski definition) is 2. The fourth-order valence-electron chi connectivity index (χ4n) is 1.71. The molecule has 3 nitrogen and oxygen atoms in total. The van der Waals surface area contributed by atoms with Gasteiger partial charge in [-0.2, -0.15) is 0 Å². The Morgan fingerprint density at radius 3 is 2.38 bits per heavy atom. The van der Waals surface area contributed by atoms with E-state index >= 15 is 0 Å². The highest BCUT2D eigenvalue weighted by atomic mass is 16.5. The standard InChI is InChI=1S/C10H20N2O/c1-9(2-3-9)12-8-10(11)4-6-13-7-5-10/h12H,2-8,11H2,1H3. The lowest BCUT2D eigenvalue weighted by atomic mass is 9.91. The molecule has 1 aliphatic heterocycles. The molecule has 3 N–H and O–H groups in total. The van der Waals surface area contributed by atoms with Crippen LogP contribution < -0.4 is 11.1 Å². The molecule has 1 saturated heterocycles. The van der Waals surface area contributed by atoms with Crippen molar-refractivity contribution >= 4 is 0 Å². The van der Waals surface area contributed by atoms with Gasteiger partial charge in [0.2, 0.25) is 0 Å². The van der Waals surface area contributed by atoms with Crippen molar-refractivity contribution in [1.29, 1.82) is 0 Å². The maximum Gasteiger partial charge on any atom is 0.0484 e. The van der Waals surface area contributed by atoms with Gasteiger partial charge >= 0.3 is 0 Å². The van der Waals surface area contributed by atoms with Crippen molar-refractivity contribution in [2.45, 2.75) is 43.7 Å². The lowest BCUT2D eigenvalue weighted by Gasteiger charge is -2.34. The van der Waals surface area contributed by atoms with Gasteiger partial charge in [0.1, 0.15) is 0 Å². The first-order valence-electron chi connectivity index (χ1n) is 5.24. The van der Waals surface area contributed by atoms with E-state index in [1.54, 1.807) is 0 Å². The average Bonchev–Trinajstić information content (AvgIpc) is 2.84. The molecule has 0 radical (unpaired) electrons. The summed E-state index contributed by atoms with van der Waals surface area (Å²) in [4.78, 5) is 0. The van der Waals surface area contributed by atoms with Crippen LogP contribution in [0.15, 0.2) is 0 Å². The third-order valence-corrected chi connectivity index (χ3v) is 3.36. The number of nitrogens with one attached hydrogen (secondary N) is 1. The van der Waals surface area contributed by atoms with E-state index in [4.69, 9.17) is 10.5 Å². The van der Waals surface area contributed by atoms with Gasteiger partial charge in [-0.25, -0.2) is 0 Å². The molecule has 1 aliphatic carbocycles. The topological polar surface area (TPSA) is 47.3 Å². The molecule has 0 bridgehead atoms. The van der Waals surface area contributed by atoms with Crippen LogP contribution in [0.4, 0.5) is 0 Å². The highest BCUT2D eigenvalue weighted by Gasteiger charge is 2.39. The molecule has 76 valence electrons. The average molecular weight is 184 g/mol. The lowest BCUT2D eigenvalue weighted by molar-refractivity contribution is 0.0520. The Kier molecular flexibility index (Phi) is 2.34. The van der Waals surface area contributed by atoms with E-state index in [9.17, 15) is 0 Å². The maximum absolute atomic E-state index is 6.25. The Morgan fingerprint density at radius 1 is 1.23 bits per heavy atom. The largest absolute Gasteiger partial charge is 0.381 e. The van der Waals surface area contributed by atoms with Crippen molar-refractivity contribution < 1.29 is 4.74 Å². The van der Waals surface area contributed by atoms with Gasteiger partial charge in [-0.3, -0.25) is 0 Å². The van der Waals surface area contributed by atoms with Crippen LogP contribution in [0.1, 0.15) is 32.6 Å². The second-order valence-electron chi connectivity index (χ2n) is 4.89. The van der Waals surface area contributed by atoms with E-state index in [0.29, 0.717) is 5.54 Å². The molecule has 3 heteroatoms. The second kappa shape index (κ2) is 3.23. The van der Waals surface area contributed by atoms with Gasteiger partial charge in [-0.15, -0.1) is 0 Å². The van der Waals surface area contributed by atoms with Gasteiger partial charge in [0.25, 0.3) is 0 Å². The summed E-state index contributed by atoms with van der Waals surface area (Å²) in [5.41, 5.74) is 6.65. The minimum absolute atomic E-state index is 0.0101. The molecule has 2 aliphatic rings. The van der Waals surface area contributed by atoms with Crippen LogP contribution >= 0.6 is 0 Å². The van der Waals surface area contributed by atoms with Crippen molar-refractivity contribution in [3.05, 3.63) is 0 Å². The Balaban J connectivity index is 1.77. The normalized spacial score (nSPS) is 30.0. The van der Waals surface area contributed by atoms with Gasteiger partial charge in [0, 0.05) is 30.8 Å². The third-order valence-electron chi connectivity index (χ3n) is 3.36. The summed E-state index contributed by atoms with van der Waals surface area (Å²) in [6, 6.07) is 0. The summed E-state index contributed by atoms with van der Waals surface area (Å²) in [6.07, 6.45) is 4.60. The van der Waals surface area contributed by atoms with Crippen LogP contribution in [0.25, 0.3) is 0 Å². The zero-order valence-electron chi connectivity index (χ0n) is 8.44. The SMILES string of the molecule is CC1(NCC2(N)CCOCC2)CC1. The molecule has 2 rings (SSSR count). The van der Waals surface area contributed by atoms with Gasteiger partial charge in [-0.05, 0) is 32.6 Å². The molecule has 0 aromatic rings. The number of rotatable bonds is 3. The zero-order valence-corrected chi connectivity index (χ0v) is 8.44. The van der Waals surface area contributed by atoms with Crippen LogP contribution in [-0.4, -0.2) is 30.8 Å². The smallest absolute Gasteiger partial charge is 0.0484 e. The van der Waals surface area contributed by atoms with Gasteiger partial charge in [-0.1, -0.05) is 0 Å². The first-order chi connectivity index (χ1) is 6.12. The van der Waals surface area contributed by atoms with Gasteiger partial charge in [0.05, 0.1) is 0 Å². The van der Waals surface area contributed by atoms with Gasteiger partial charge in [0.15, 0.2) is 0 Å². The Labute approximate surface area is 80.0 Å². The van der Waals surface area contributed by atoms with E-state index in [-0.39, 0.29) is 5.54 Å². The van der Waals surface area contributed by atoms with Crippen molar-refractivity contribution in [3.8, 4) is 0 Å². The Bertz CT molecular complexity index is 183. The van der Waals surface area contributed by atoms with E-state index < -0.39 is 0 Å². The molecule has 2 fully saturated rings. The predicted octanol–water partition coefficient (Wildman–Crippen LogP) is 0.636. The number of hydrogen-bond acceptors (Lipinski definition) is 3. The van der Waals surface area contributed by atoms with E-state index in [1.807, 2.05) is 0 Å². The van der Waals surface area contributed by atoms with Crippen LogP contribution in [0.3, 0.4) is 0 Å². The molecule has 0 amide bonds. The molecule has 13 heavy (non-hydrogen) atoms. The Morgan fingerprint density at radius 2 is 1.85 bits per heavy atom. The quantitative estimate of drug-likeness (QED) is 0.676. The highest BCUT2D eigenvalue weighted by molar-refractivity contribution is 5.00. The first-order valence-corrected chi connectivity index (χ1v) is 5.24. The molecule has 0 aromatic carbocycles. The molecule has 0 aromatic heterocycles. The zero-order chi connectivity index (χ0) is 9.36. The van der Waals surface area contributed by atoms with Crippen molar-refractivity contribution in [2.75, 3.05) is 19.8 Å². The van der Waals surface area contributed by atoms with Gasteiger partial charge < -0.3 is 15.8 Å². The minimum Gasteiger partial charge on any atom is -0.381 e. The predicted molar refractivity (Wildman–Crippen MR) is 52.6 cm³/mol. The lowest BCUT2D eigenvalue weighted by Crippen LogP contribution is -2.54. The summed E-state index contributed by atoms with van der Waals surface area (Å²) in [5, 5.41) is 3.56. The fraction of sp³-hybridized carbons (Fsp3) is 1.00. The third kappa shape index (κ3) is 2.42. The number of ether oxygens (including phenoxy) is 1. The summed E-state index contributed by atoms with van der Waals surface area (Å²) in [5.74, 6) is 0. The van der Waals surface area contributed by atoms with Crippen molar-refractivity contribution in [3.63, 3.8) is 0 Å². The summed E-state index contributed by atoms with van der Waals surface area (Å²) < 4.78 is 5.30. The van der Waals surface area contributed by atoms with E-state index in [1.165, 1.54) is 12.8 Å². The molecule has 0 unspecified atom stereocenters. The fourth-order valence-corrected chi connectivity index (χ4v) is 1.71. The summed E-state index contributed by atoms with van der Waals surface area (Å²) in [7, 11) is 0. The molecular weight excluding hydrogens is 164 g/mol. The Hall–Kier alpha value is -0.120. The monoisotopic (exact) mass is 184 g/mol. The van der Waals surface area contributed by atoms with E-state index in [0.717, 1.165) is 32.6 Å². The van der Waals surface area contributed by atoms with Crippen LogP contribution in [0.2, 0.25) is 0 Å². The number of nitrogens with two attached hydrogens (primary N) is 1. The van der Waals surface area contributed by atoms with Crippen molar-refractivity contribution in [1.82, 2.24) is 5.32 Å². The second-order valence-corrected chi connectivity index (χ2v) is 4.89. The minimum atomic E-state index is -0.0101. The molecular formula is C10H20N2O. The molecule has 0 atom stereocenters. The van der Waals surface area contributed by atoms with Crippen LogP contribution in [0, 0.1) is 0 Å². The highest BCUT2D eigenvalue weighted by Crippen LogP contribution is 2.34. The van der Waals surface area contributed by atoms with E-state index in [2.05, 4.69) is 12.2 Å². The molecule has 1 saturated carbocycles. The van der Waals surface area contributed by atoms with Crippen LogP contribution in [0.5, 0.6) is 0 Å². The summed E-state index contributed by atoms with van der Waals surface area (Å²) >= 11 is 0. The maximum atomic E-state index is 6.25.